The predicted molar refractivity (Wildman–Crippen MR) is 105 cm³/mol. The smallest absolute Gasteiger partial charge is 0.171 e. The van der Waals surface area contributed by atoms with Crippen LogP contribution in [0.4, 0.5) is 5.69 Å². The van der Waals surface area contributed by atoms with Gasteiger partial charge in [-0.25, -0.2) is 0 Å². The molecule has 1 atom stereocenters. The van der Waals surface area contributed by atoms with E-state index in [2.05, 4.69) is 35.8 Å². The highest BCUT2D eigenvalue weighted by Gasteiger charge is 2.08. The molecule has 0 aliphatic rings. The first kappa shape index (κ1) is 16.3. The quantitative estimate of drug-likeness (QED) is 0.664. The molecule has 0 heterocycles. The first-order valence-electron chi connectivity index (χ1n) is 7.86. The highest BCUT2D eigenvalue weighted by molar-refractivity contribution is 7.80. The van der Waals surface area contributed by atoms with Gasteiger partial charge < -0.3 is 15.4 Å². The lowest BCUT2D eigenvalue weighted by Crippen LogP contribution is -2.30. The van der Waals surface area contributed by atoms with E-state index in [0.29, 0.717) is 5.11 Å². The van der Waals surface area contributed by atoms with Gasteiger partial charge >= 0.3 is 0 Å². The van der Waals surface area contributed by atoms with Gasteiger partial charge in [-0.3, -0.25) is 0 Å². The number of thiocarbonyl (C=S) groups is 1. The van der Waals surface area contributed by atoms with Crippen molar-refractivity contribution in [3.8, 4) is 5.75 Å². The van der Waals surface area contributed by atoms with E-state index in [9.17, 15) is 0 Å². The SMILES string of the molecule is COc1ccc([C@H](C)NC(=S)Nc2cccc3ccccc23)cc1. The Hall–Kier alpha value is -2.59. The monoisotopic (exact) mass is 336 g/mol. The fourth-order valence-electron chi connectivity index (χ4n) is 2.67. The molecular weight excluding hydrogens is 316 g/mol. The zero-order chi connectivity index (χ0) is 16.9. The lowest BCUT2D eigenvalue weighted by Gasteiger charge is -2.18. The highest BCUT2D eigenvalue weighted by Crippen LogP contribution is 2.23. The van der Waals surface area contributed by atoms with Gasteiger partial charge in [0.2, 0.25) is 0 Å². The zero-order valence-corrected chi connectivity index (χ0v) is 14.6. The largest absolute Gasteiger partial charge is 0.497 e. The summed E-state index contributed by atoms with van der Waals surface area (Å²) in [5.41, 5.74) is 2.16. The molecule has 122 valence electrons. The first-order valence-corrected chi connectivity index (χ1v) is 8.27. The molecule has 0 fully saturated rings. The summed E-state index contributed by atoms with van der Waals surface area (Å²) in [6.07, 6.45) is 0. The minimum atomic E-state index is 0.103. The Bertz CT molecular complexity index is 840. The van der Waals surface area contributed by atoms with Crippen molar-refractivity contribution in [3.05, 3.63) is 72.3 Å². The fourth-order valence-corrected chi connectivity index (χ4v) is 2.95. The molecule has 0 radical (unpaired) electrons. The van der Waals surface area contributed by atoms with Gasteiger partial charge in [0.25, 0.3) is 0 Å². The van der Waals surface area contributed by atoms with Crippen molar-refractivity contribution in [2.45, 2.75) is 13.0 Å². The molecule has 0 saturated heterocycles. The number of hydrogen-bond acceptors (Lipinski definition) is 2. The standard InChI is InChI=1S/C20H20N2OS/c1-14(15-10-12-17(23-2)13-11-15)21-20(24)22-19-9-5-7-16-6-3-4-8-18(16)19/h3-14H,1-2H3,(H2,21,22,24)/t14-/m0/s1. The lowest BCUT2D eigenvalue weighted by atomic mass is 10.1. The minimum Gasteiger partial charge on any atom is -0.497 e. The molecule has 0 unspecified atom stereocenters. The maximum atomic E-state index is 5.48. The van der Waals surface area contributed by atoms with Crippen LogP contribution in [0.5, 0.6) is 5.75 Å². The van der Waals surface area contributed by atoms with Crippen LogP contribution in [-0.2, 0) is 0 Å². The summed E-state index contributed by atoms with van der Waals surface area (Å²) < 4.78 is 5.19. The van der Waals surface area contributed by atoms with Crippen molar-refractivity contribution in [2.75, 3.05) is 12.4 Å². The molecule has 0 aromatic heterocycles. The number of anilines is 1. The topological polar surface area (TPSA) is 33.3 Å². The molecule has 3 aromatic carbocycles. The van der Waals surface area contributed by atoms with Crippen molar-refractivity contribution in [1.82, 2.24) is 5.32 Å². The third-order valence-corrected chi connectivity index (χ3v) is 4.22. The third kappa shape index (κ3) is 3.66. The molecule has 0 aliphatic heterocycles. The fraction of sp³-hybridized carbons (Fsp3) is 0.150. The molecule has 0 amide bonds. The van der Waals surface area contributed by atoms with Gasteiger partial charge in [-0.05, 0) is 48.3 Å². The molecule has 3 rings (SSSR count). The van der Waals surface area contributed by atoms with Gasteiger partial charge in [-0.1, -0.05) is 48.5 Å². The van der Waals surface area contributed by atoms with Crippen LogP contribution in [0.3, 0.4) is 0 Å². The molecule has 2 N–H and O–H groups in total. The Labute approximate surface area is 147 Å². The van der Waals surface area contributed by atoms with Crippen molar-refractivity contribution in [3.63, 3.8) is 0 Å². The minimum absolute atomic E-state index is 0.103. The first-order chi connectivity index (χ1) is 11.7. The normalized spacial score (nSPS) is 11.8. The van der Waals surface area contributed by atoms with Gasteiger partial charge in [0.1, 0.15) is 5.75 Å². The molecule has 24 heavy (non-hydrogen) atoms. The van der Waals surface area contributed by atoms with Crippen LogP contribution in [0.2, 0.25) is 0 Å². The predicted octanol–water partition coefficient (Wildman–Crippen LogP) is 4.90. The number of benzene rings is 3. The Morgan fingerprint density at radius 3 is 2.42 bits per heavy atom. The van der Waals surface area contributed by atoms with E-state index in [0.717, 1.165) is 22.4 Å². The molecule has 0 spiro atoms. The van der Waals surface area contributed by atoms with Gasteiger partial charge in [0.05, 0.1) is 13.2 Å². The molecule has 0 saturated carbocycles. The zero-order valence-electron chi connectivity index (χ0n) is 13.7. The summed E-state index contributed by atoms with van der Waals surface area (Å²) in [7, 11) is 1.67. The van der Waals surface area contributed by atoms with E-state index in [-0.39, 0.29) is 6.04 Å². The summed E-state index contributed by atoms with van der Waals surface area (Å²) in [5.74, 6) is 0.849. The maximum Gasteiger partial charge on any atom is 0.171 e. The van der Waals surface area contributed by atoms with E-state index in [4.69, 9.17) is 17.0 Å². The van der Waals surface area contributed by atoms with E-state index in [1.807, 2.05) is 48.5 Å². The van der Waals surface area contributed by atoms with Crippen molar-refractivity contribution >= 4 is 33.8 Å². The van der Waals surface area contributed by atoms with Crippen molar-refractivity contribution in [1.29, 1.82) is 0 Å². The van der Waals surface area contributed by atoms with Crippen LogP contribution < -0.4 is 15.4 Å². The van der Waals surface area contributed by atoms with Gasteiger partial charge in [0, 0.05) is 11.1 Å². The summed E-state index contributed by atoms with van der Waals surface area (Å²) in [6.45, 7) is 2.08. The second kappa shape index (κ2) is 7.32. The molecule has 0 bridgehead atoms. The second-order valence-corrected chi connectivity index (χ2v) is 6.03. The molecular formula is C20H20N2OS. The van der Waals surface area contributed by atoms with Crippen LogP contribution in [0.1, 0.15) is 18.5 Å². The average molecular weight is 336 g/mol. The summed E-state index contributed by atoms with van der Waals surface area (Å²) in [6, 6.07) is 22.5. The van der Waals surface area contributed by atoms with Crippen LogP contribution >= 0.6 is 12.2 Å². The highest BCUT2D eigenvalue weighted by atomic mass is 32.1. The molecule has 3 nitrogen and oxygen atoms in total. The van der Waals surface area contributed by atoms with Crippen LogP contribution in [0, 0.1) is 0 Å². The summed E-state index contributed by atoms with van der Waals surface area (Å²) in [5, 5.41) is 9.58. The Morgan fingerprint density at radius 2 is 1.67 bits per heavy atom. The Balaban J connectivity index is 1.70. The van der Waals surface area contributed by atoms with Gasteiger partial charge in [-0.2, -0.15) is 0 Å². The third-order valence-electron chi connectivity index (χ3n) is 4.00. The molecule has 3 aromatic rings. The van der Waals surface area contributed by atoms with Crippen LogP contribution in [0.25, 0.3) is 10.8 Å². The van der Waals surface area contributed by atoms with E-state index >= 15 is 0 Å². The number of ether oxygens (including phenoxy) is 1. The van der Waals surface area contributed by atoms with Crippen molar-refractivity contribution < 1.29 is 4.74 Å². The number of rotatable bonds is 4. The summed E-state index contributed by atoms with van der Waals surface area (Å²) in [4.78, 5) is 0. The molecule has 0 aliphatic carbocycles. The van der Waals surface area contributed by atoms with Gasteiger partial charge in [-0.15, -0.1) is 0 Å². The number of nitrogens with one attached hydrogen (secondary N) is 2. The van der Waals surface area contributed by atoms with E-state index < -0.39 is 0 Å². The van der Waals surface area contributed by atoms with E-state index in [1.54, 1.807) is 7.11 Å². The molecule has 4 heteroatoms. The summed E-state index contributed by atoms with van der Waals surface area (Å²) >= 11 is 5.48. The van der Waals surface area contributed by atoms with Crippen molar-refractivity contribution in [2.24, 2.45) is 0 Å². The van der Waals surface area contributed by atoms with Crippen LogP contribution in [0.15, 0.2) is 66.7 Å². The number of hydrogen-bond donors (Lipinski definition) is 2. The Morgan fingerprint density at radius 1 is 0.958 bits per heavy atom. The van der Waals surface area contributed by atoms with Gasteiger partial charge in [0.15, 0.2) is 5.11 Å². The number of methoxy groups -OCH3 is 1. The second-order valence-electron chi connectivity index (χ2n) is 5.62. The maximum absolute atomic E-state index is 5.48. The average Bonchev–Trinajstić information content (AvgIpc) is 2.62. The van der Waals surface area contributed by atoms with E-state index in [1.165, 1.54) is 5.39 Å². The van der Waals surface area contributed by atoms with Crippen LogP contribution in [-0.4, -0.2) is 12.2 Å². The lowest BCUT2D eigenvalue weighted by molar-refractivity contribution is 0.414. The Kier molecular flexibility index (Phi) is 4.96. The number of fused-ring (bicyclic) bond motifs is 1.